The second kappa shape index (κ2) is 6.30. The fourth-order valence-electron chi connectivity index (χ4n) is 2.30. The first-order valence-electron chi connectivity index (χ1n) is 6.57. The van der Waals surface area contributed by atoms with Crippen LogP contribution in [0.15, 0.2) is 6.07 Å². The van der Waals surface area contributed by atoms with Crippen molar-refractivity contribution in [3.05, 3.63) is 22.2 Å². The number of nitrogens with two attached hydrogens (primary N) is 1. The summed E-state index contributed by atoms with van der Waals surface area (Å²) in [5.74, 6) is 1.66. The molecule has 0 aromatic heterocycles. The molecule has 2 rings (SSSR count). The summed E-state index contributed by atoms with van der Waals surface area (Å²) < 4.78 is 11.5. The lowest BCUT2D eigenvalue weighted by atomic mass is 9.99. The SMILES string of the molecule is CCc1c(CCCN)c(Cl)cc2c1OCCCO2. The van der Waals surface area contributed by atoms with Gasteiger partial charge in [-0.25, -0.2) is 0 Å². The molecule has 2 N–H and O–H groups in total. The third-order valence-corrected chi connectivity index (χ3v) is 3.52. The van der Waals surface area contributed by atoms with Gasteiger partial charge in [-0.1, -0.05) is 18.5 Å². The van der Waals surface area contributed by atoms with E-state index in [4.69, 9.17) is 26.8 Å². The van der Waals surface area contributed by atoms with Gasteiger partial charge >= 0.3 is 0 Å². The summed E-state index contributed by atoms with van der Waals surface area (Å²) in [4.78, 5) is 0. The molecule has 0 saturated heterocycles. The van der Waals surface area contributed by atoms with E-state index in [2.05, 4.69) is 6.92 Å². The van der Waals surface area contributed by atoms with Crippen LogP contribution in [0.2, 0.25) is 5.02 Å². The Kier molecular flexibility index (Phi) is 4.72. The Bertz CT molecular complexity index is 421. The average Bonchev–Trinajstić information content (AvgIpc) is 2.60. The van der Waals surface area contributed by atoms with Gasteiger partial charge in [-0.3, -0.25) is 0 Å². The minimum absolute atomic E-state index is 0.675. The Balaban J connectivity index is 2.43. The Morgan fingerprint density at radius 3 is 2.78 bits per heavy atom. The molecule has 100 valence electrons. The van der Waals surface area contributed by atoms with E-state index in [-0.39, 0.29) is 0 Å². The van der Waals surface area contributed by atoms with Crippen LogP contribution in [-0.4, -0.2) is 19.8 Å². The van der Waals surface area contributed by atoms with Crippen LogP contribution in [0.3, 0.4) is 0 Å². The number of halogens is 1. The second-order valence-electron chi connectivity index (χ2n) is 4.44. The van der Waals surface area contributed by atoms with Gasteiger partial charge < -0.3 is 15.2 Å². The Morgan fingerprint density at radius 1 is 1.28 bits per heavy atom. The average molecular weight is 270 g/mol. The molecule has 4 heteroatoms. The molecule has 0 radical (unpaired) electrons. The van der Waals surface area contributed by atoms with Gasteiger partial charge in [0.1, 0.15) is 0 Å². The summed E-state index contributed by atoms with van der Waals surface area (Å²) in [6, 6.07) is 1.88. The minimum Gasteiger partial charge on any atom is -0.489 e. The molecule has 18 heavy (non-hydrogen) atoms. The van der Waals surface area contributed by atoms with Crippen molar-refractivity contribution in [2.75, 3.05) is 19.8 Å². The molecule has 1 aromatic rings. The normalized spacial score (nSPS) is 14.4. The molecule has 0 bridgehead atoms. The standard InChI is InChI=1S/C14H20ClNO2/c1-2-10-11(5-3-6-16)12(15)9-13-14(10)18-8-4-7-17-13/h9H,2-8,16H2,1H3. The molecule has 0 amide bonds. The highest BCUT2D eigenvalue weighted by molar-refractivity contribution is 6.31. The zero-order chi connectivity index (χ0) is 13.0. The van der Waals surface area contributed by atoms with Crippen molar-refractivity contribution in [3.63, 3.8) is 0 Å². The van der Waals surface area contributed by atoms with Crippen LogP contribution in [0.4, 0.5) is 0 Å². The summed E-state index contributed by atoms with van der Waals surface area (Å²) in [5.41, 5.74) is 7.92. The van der Waals surface area contributed by atoms with Crippen LogP contribution < -0.4 is 15.2 Å². The fraction of sp³-hybridized carbons (Fsp3) is 0.571. The maximum atomic E-state index is 6.36. The number of fused-ring (bicyclic) bond motifs is 1. The number of hydrogen-bond donors (Lipinski definition) is 1. The quantitative estimate of drug-likeness (QED) is 0.914. The largest absolute Gasteiger partial charge is 0.489 e. The highest BCUT2D eigenvalue weighted by Crippen LogP contribution is 2.40. The van der Waals surface area contributed by atoms with Gasteiger partial charge in [0, 0.05) is 23.1 Å². The lowest BCUT2D eigenvalue weighted by molar-refractivity contribution is 0.296. The molecule has 0 saturated carbocycles. The van der Waals surface area contributed by atoms with E-state index in [0.717, 1.165) is 47.8 Å². The smallest absolute Gasteiger partial charge is 0.164 e. The Morgan fingerprint density at radius 2 is 2.06 bits per heavy atom. The van der Waals surface area contributed by atoms with Gasteiger partial charge in [0.25, 0.3) is 0 Å². The number of rotatable bonds is 4. The van der Waals surface area contributed by atoms with Crippen molar-refractivity contribution >= 4 is 11.6 Å². The van der Waals surface area contributed by atoms with Crippen molar-refractivity contribution < 1.29 is 9.47 Å². The molecule has 1 aromatic carbocycles. The molecule has 3 nitrogen and oxygen atoms in total. The number of benzene rings is 1. The van der Waals surface area contributed by atoms with Crippen molar-refractivity contribution in [1.82, 2.24) is 0 Å². The lowest BCUT2D eigenvalue weighted by Crippen LogP contribution is -2.05. The number of ether oxygens (including phenoxy) is 2. The number of hydrogen-bond acceptors (Lipinski definition) is 3. The van der Waals surface area contributed by atoms with Gasteiger partial charge in [0.2, 0.25) is 0 Å². The predicted octanol–water partition coefficient (Wildman–Crippen LogP) is 2.96. The minimum atomic E-state index is 0.675. The van der Waals surface area contributed by atoms with Crippen LogP contribution in [0.5, 0.6) is 11.5 Å². The van der Waals surface area contributed by atoms with Gasteiger partial charge in [-0.05, 0) is 31.4 Å². The van der Waals surface area contributed by atoms with Gasteiger partial charge in [-0.15, -0.1) is 0 Å². The molecule has 0 unspecified atom stereocenters. The summed E-state index contributed by atoms with van der Waals surface area (Å²) in [5, 5.41) is 0.768. The lowest BCUT2D eigenvalue weighted by Gasteiger charge is -2.17. The molecule has 1 aliphatic rings. The second-order valence-corrected chi connectivity index (χ2v) is 4.85. The maximum absolute atomic E-state index is 6.36. The maximum Gasteiger partial charge on any atom is 0.164 e. The summed E-state index contributed by atoms with van der Waals surface area (Å²) in [6.07, 6.45) is 3.64. The highest BCUT2D eigenvalue weighted by atomic mass is 35.5. The third kappa shape index (κ3) is 2.73. The Labute approximate surface area is 113 Å². The fourth-order valence-corrected chi connectivity index (χ4v) is 2.61. The molecule has 1 aliphatic heterocycles. The molecular weight excluding hydrogens is 250 g/mol. The molecule has 0 fully saturated rings. The van der Waals surface area contributed by atoms with Crippen molar-refractivity contribution in [2.45, 2.75) is 32.6 Å². The van der Waals surface area contributed by atoms with Crippen LogP contribution in [0, 0.1) is 0 Å². The van der Waals surface area contributed by atoms with Gasteiger partial charge in [-0.2, -0.15) is 0 Å². The molecule has 1 heterocycles. The zero-order valence-corrected chi connectivity index (χ0v) is 11.6. The summed E-state index contributed by atoms with van der Waals surface area (Å²) in [7, 11) is 0. The van der Waals surface area contributed by atoms with E-state index in [9.17, 15) is 0 Å². The van der Waals surface area contributed by atoms with Crippen LogP contribution in [0.25, 0.3) is 0 Å². The Hall–Kier alpha value is -0.930. The van der Waals surface area contributed by atoms with Crippen molar-refractivity contribution in [3.8, 4) is 11.5 Å². The van der Waals surface area contributed by atoms with Crippen molar-refractivity contribution in [1.29, 1.82) is 0 Å². The molecule has 0 atom stereocenters. The van der Waals surface area contributed by atoms with Crippen molar-refractivity contribution in [2.24, 2.45) is 5.73 Å². The van der Waals surface area contributed by atoms with Crippen LogP contribution >= 0.6 is 11.6 Å². The first-order chi connectivity index (χ1) is 8.77. The van der Waals surface area contributed by atoms with E-state index in [1.54, 1.807) is 0 Å². The van der Waals surface area contributed by atoms with E-state index < -0.39 is 0 Å². The predicted molar refractivity (Wildman–Crippen MR) is 73.8 cm³/mol. The van der Waals surface area contributed by atoms with E-state index in [1.807, 2.05) is 6.07 Å². The molecular formula is C14H20ClNO2. The van der Waals surface area contributed by atoms with Crippen LogP contribution in [0.1, 0.15) is 30.9 Å². The van der Waals surface area contributed by atoms with E-state index >= 15 is 0 Å². The highest BCUT2D eigenvalue weighted by Gasteiger charge is 2.20. The first kappa shape index (κ1) is 13.5. The molecule has 0 spiro atoms. The first-order valence-corrected chi connectivity index (χ1v) is 6.95. The van der Waals surface area contributed by atoms with E-state index in [0.29, 0.717) is 19.8 Å². The third-order valence-electron chi connectivity index (χ3n) is 3.19. The monoisotopic (exact) mass is 269 g/mol. The molecule has 0 aliphatic carbocycles. The van der Waals surface area contributed by atoms with E-state index in [1.165, 1.54) is 5.56 Å². The summed E-state index contributed by atoms with van der Waals surface area (Å²) >= 11 is 6.36. The van der Waals surface area contributed by atoms with Crippen LogP contribution in [-0.2, 0) is 12.8 Å². The topological polar surface area (TPSA) is 44.5 Å². The zero-order valence-electron chi connectivity index (χ0n) is 10.8. The summed E-state index contributed by atoms with van der Waals surface area (Å²) in [6.45, 7) is 4.19. The van der Waals surface area contributed by atoms with Gasteiger partial charge in [0.15, 0.2) is 11.5 Å². The van der Waals surface area contributed by atoms with Gasteiger partial charge in [0.05, 0.1) is 13.2 Å².